The molecule has 4 atom stereocenters. The van der Waals surface area contributed by atoms with Crippen LogP contribution in [0.3, 0.4) is 0 Å². The fourth-order valence-electron chi connectivity index (χ4n) is 4.90. The molecule has 0 aliphatic carbocycles. The van der Waals surface area contributed by atoms with Crippen LogP contribution in [0.15, 0.2) is 54.6 Å². The number of carbonyl (C=O) groups excluding carboxylic acids is 1. The van der Waals surface area contributed by atoms with Crippen molar-refractivity contribution >= 4 is 16.7 Å². The van der Waals surface area contributed by atoms with Crippen molar-refractivity contribution in [3.05, 3.63) is 65.7 Å². The maximum atomic E-state index is 13.2. The molecule has 1 heterocycles. The summed E-state index contributed by atoms with van der Waals surface area (Å²) in [7, 11) is 4.59. The van der Waals surface area contributed by atoms with Crippen LogP contribution < -0.4 is 19.5 Å². The molecule has 1 aliphatic heterocycles. The maximum absolute atomic E-state index is 13.2. The number of methoxy groups -OCH3 is 3. The number of ether oxygens (including phenoxy) is 5. The SMILES string of the molecule is COc1ccc(OC)c2c([C@H]3C[C@@H](NC(=O)C(F)(F)F)[C@H](OCc4ccccc4)[C@@H](C)O3)ccc(OC)c12. The van der Waals surface area contributed by atoms with Crippen molar-refractivity contribution in [2.24, 2.45) is 0 Å². The van der Waals surface area contributed by atoms with Gasteiger partial charge < -0.3 is 29.0 Å². The van der Waals surface area contributed by atoms with E-state index in [0.717, 1.165) is 5.56 Å². The number of benzene rings is 3. The van der Waals surface area contributed by atoms with Gasteiger partial charge in [0, 0.05) is 11.8 Å². The lowest BCUT2D eigenvalue weighted by molar-refractivity contribution is -0.183. The molecule has 0 spiro atoms. The molecule has 3 aromatic rings. The van der Waals surface area contributed by atoms with Gasteiger partial charge in [0.05, 0.1) is 51.6 Å². The second-order valence-corrected chi connectivity index (χ2v) is 8.98. The minimum atomic E-state index is -5.04. The number of hydrogen-bond acceptors (Lipinski definition) is 6. The predicted octanol–water partition coefficient (Wildman–Crippen LogP) is 5.35. The Morgan fingerprint density at radius 1 is 0.921 bits per heavy atom. The van der Waals surface area contributed by atoms with Gasteiger partial charge in [-0.15, -0.1) is 0 Å². The number of hydrogen-bond donors (Lipinski definition) is 1. The van der Waals surface area contributed by atoms with Crippen molar-refractivity contribution in [2.75, 3.05) is 21.3 Å². The molecule has 204 valence electrons. The fraction of sp³-hybridized carbons (Fsp3) is 0.393. The minimum Gasteiger partial charge on any atom is -0.496 e. The molecule has 1 saturated heterocycles. The summed E-state index contributed by atoms with van der Waals surface area (Å²) in [6.45, 7) is 1.87. The van der Waals surface area contributed by atoms with Crippen LogP contribution in [0, 0.1) is 0 Å². The first-order chi connectivity index (χ1) is 18.2. The topological polar surface area (TPSA) is 75.3 Å². The number of amides is 1. The van der Waals surface area contributed by atoms with E-state index < -0.39 is 36.4 Å². The first-order valence-corrected chi connectivity index (χ1v) is 12.1. The lowest BCUT2D eigenvalue weighted by Gasteiger charge is -2.41. The van der Waals surface area contributed by atoms with Gasteiger partial charge in [0.2, 0.25) is 0 Å². The Bertz CT molecular complexity index is 1260. The van der Waals surface area contributed by atoms with Crippen molar-refractivity contribution in [3.8, 4) is 17.2 Å². The summed E-state index contributed by atoms with van der Waals surface area (Å²) >= 11 is 0. The summed E-state index contributed by atoms with van der Waals surface area (Å²) in [5, 5.41) is 3.43. The van der Waals surface area contributed by atoms with E-state index in [2.05, 4.69) is 5.32 Å². The summed E-state index contributed by atoms with van der Waals surface area (Å²) in [6.07, 6.45) is -7.16. The number of halogens is 3. The molecule has 1 N–H and O–H groups in total. The molecule has 7 nitrogen and oxygen atoms in total. The average molecular weight is 534 g/mol. The molecule has 1 aliphatic rings. The Labute approximate surface area is 218 Å². The van der Waals surface area contributed by atoms with E-state index in [9.17, 15) is 18.0 Å². The van der Waals surface area contributed by atoms with E-state index in [-0.39, 0.29) is 13.0 Å². The largest absolute Gasteiger partial charge is 0.496 e. The van der Waals surface area contributed by atoms with E-state index in [1.165, 1.54) is 21.3 Å². The minimum absolute atomic E-state index is 0.0351. The van der Waals surface area contributed by atoms with Crippen LogP contribution >= 0.6 is 0 Å². The van der Waals surface area contributed by atoms with Crippen LogP contribution in [-0.2, 0) is 20.9 Å². The second-order valence-electron chi connectivity index (χ2n) is 8.98. The van der Waals surface area contributed by atoms with E-state index >= 15 is 0 Å². The highest BCUT2D eigenvalue weighted by atomic mass is 19.4. The van der Waals surface area contributed by atoms with Gasteiger partial charge in [0.25, 0.3) is 0 Å². The van der Waals surface area contributed by atoms with Crippen LogP contribution in [0.5, 0.6) is 17.2 Å². The van der Waals surface area contributed by atoms with Crippen LogP contribution in [0.4, 0.5) is 13.2 Å². The fourth-order valence-corrected chi connectivity index (χ4v) is 4.90. The number of alkyl halides is 3. The lowest BCUT2D eigenvalue weighted by Crippen LogP contribution is -2.56. The van der Waals surface area contributed by atoms with Crippen molar-refractivity contribution in [1.82, 2.24) is 5.32 Å². The molecule has 0 bridgehead atoms. The van der Waals surface area contributed by atoms with Crippen molar-refractivity contribution in [2.45, 2.75) is 50.5 Å². The van der Waals surface area contributed by atoms with Crippen LogP contribution in [0.25, 0.3) is 10.8 Å². The maximum Gasteiger partial charge on any atom is 0.471 e. The monoisotopic (exact) mass is 533 g/mol. The smallest absolute Gasteiger partial charge is 0.471 e. The molecule has 0 aromatic heterocycles. The zero-order valence-corrected chi connectivity index (χ0v) is 21.5. The molecule has 0 radical (unpaired) electrons. The molecule has 0 unspecified atom stereocenters. The molecular formula is C28H30F3NO6. The molecule has 38 heavy (non-hydrogen) atoms. The highest BCUT2D eigenvalue weighted by Crippen LogP contribution is 2.46. The number of nitrogens with one attached hydrogen (secondary N) is 1. The highest BCUT2D eigenvalue weighted by Gasteiger charge is 2.45. The standard InChI is InChI=1S/C28H30F3NO6/c1-16-26(37-15-17-8-6-5-7-9-17)19(32-27(33)28(29,30)31)14-23(38-16)18-10-11-21(35-3)25-22(36-4)13-12-20(34-2)24(18)25/h5-13,16,19,23,26H,14-15H2,1-4H3,(H,32,33)/t16-,19-,23-,26-/m1/s1. The molecular weight excluding hydrogens is 503 g/mol. The second kappa shape index (κ2) is 11.5. The van der Waals surface area contributed by atoms with Gasteiger partial charge in [0.15, 0.2) is 0 Å². The molecule has 3 aromatic carbocycles. The lowest BCUT2D eigenvalue weighted by atomic mass is 9.89. The molecule has 10 heteroatoms. The van der Waals surface area contributed by atoms with Gasteiger partial charge in [-0.1, -0.05) is 36.4 Å². The summed E-state index contributed by atoms with van der Waals surface area (Å²) < 4.78 is 68.8. The zero-order chi connectivity index (χ0) is 27.4. The number of fused-ring (bicyclic) bond motifs is 1. The molecule has 1 fully saturated rings. The Morgan fingerprint density at radius 2 is 1.50 bits per heavy atom. The van der Waals surface area contributed by atoms with Crippen LogP contribution in [-0.4, -0.2) is 51.7 Å². The van der Waals surface area contributed by atoms with Gasteiger partial charge in [-0.3, -0.25) is 4.79 Å². The predicted molar refractivity (Wildman–Crippen MR) is 135 cm³/mol. The number of carbonyl (C=O) groups is 1. The summed E-state index contributed by atoms with van der Waals surface area (Å²) in [6, 6.07) is 15.3. The van der Waals surface area contributed by atoms with Crippen LogP contribution in [0.2, 0.25) is 0 Å². The summed E-state index contributed by atoms with van der Waals surface area (Å²) in [5.74, 6) is -0.435. The van der Waals surface area contributed by atoms with Crippen molar-refractivity contribution < 1.29 is 41.7 Å². The van der Waals surface area contributed by atoms with E-state index in [0.29, 0.717) is 33.6 Å². The van der Waals surface area contributed by atoms with Crippen LogP contribution in [0.1, 0.15) is 30.6 Å². The Balaban J connectivity index is 1.73. The third-order valence-corrected chi connectivity index (χ3v) is 6.65. The van der Waals surface area contributed by atoms with Gasteiger partial charge in [-0.05, 0) is 36.2 Å². The van der Waals surface area contributed by atoms with E-state index in [1.54, 1.807) is 31.2 Å². The Morgan fingerprint density at radius 3 is 2.08 bits per heavy atom. The van der Waals surface area contributed by atoms with E-state index in [4.69, 9.17) is 23.7 Å². The Hall–Kier alpha value is -3.50. The Kier molecular flexibility index (Phi) is 8.32. The van der Waals surface area contributed by atoms with Crippen molar-refractivity contribution in [1.29, 1.82) is 0 Å². The third-order valence-electron chi connectivity index (χ3n) is 6.65. The normalized spacial score (nSPS) is 21.7. The zero-order valence-electron chi connectivity index (χ0n) is 21.5. The summed E-state index contributed by atoms with van der Waals surface area (Å²) in [4.78, 5) is 12.0. The molecule has 1 amide bonds. The quantitative estimate of drug-likeness (QED) is 0.421. The average Bonchev–Trinajstić information content (AvgIpc) is 2.91. The molecule has 4 rings (SSSR count). The van der Waals surface area contributed by atoms with Gasteiger partial charge in [0.1, 0.15) is 23.4 Å². The highest BCUT2D eigenvalue weighted by molar-refractivity contribution is 6.00. The van der Waals surface area contributed by atoms with Gasteiger partial charge in [-0.25, -0.2) is 0 Å². The first-order valence-electron chi connectivity index (χ1n) is 12.1. The van der Waals surface area contributed by atoms with Gasteiger partial charge in [-0.2, -0.15) is 13.2 Å². The van der Waals surface area contributed by atoms with E-state index in [1.807, 2.05) is 30.3 Å². The first kappa shape index (κ1) is 27.5. The van der Waals surface area contributed by atoms with Crippen molar-refractivity contribution in [3.63, 3.8) is 0 Å². The number of rotatable bonds is 8. The van der Waals surface area contributed by atoms with Gasteiger partial charge >= 0.3 is 12.1 Å². The summed E-state index contributed by atoms with van der Waals surface area (Å²) in [5.41, 5.74) is 1.51. The molecule has 0 saturated carbocycles. The third kappa shape index (κ3) is 5.66.